The highest BCUT2D eigenvalue weighted by Gasteiger charge is 2.26. The van der Waals surface area contributed by atoms with Crippen LogP contribution >= 0.6 is 12.4 Å². The van der Waals surface area contributed by atoms with Gasteiger partial charge in [0.15, 0.2) is 0 Å². The topological polar surface area (TPSA) is 41.6 Å². The van der Waals surface area contributed by atoms with Crippen LogP contribution in [0.1, 0.15) is 55.3 Å². The molecule has 0 bridgehead atoms. The van der Waals surface area contributed by atoms with Gasteiger partial charge >= 0.3 is 0 Å². The second kappa shape index (κ2) is 9.28. The van der Waals surface area contributed by atoms with E-state index in [4.69, 9.17) is 4.74 Å². The zero-order valence-corrected chi connectivity index (χ0v) is 15.3. The Kier molecular flexibility index (Phi) is 7.38. The first kappa shape index (κ1) is 19.1. The molecule has 24 heavy (non-hydrogen) atoms. The third kappa shape index (κ3) is 4.64. The normalized spacial score (nSPS) is 21.9. The number of nitrogens with one attached hydrogen (secondary N) is 1. The van der Waals surface area contributed by atoms with E-state index in [9.17, 15) is 4.79 Å². The minimum absolute atomic E-state index is 0. The van der Waals surface area contributed by atoms with Crippen molar-refractivity contribution in [3.05, 3.63) is 29.8 Å². The smallest absolute Gasteiger partial charge is 0.257 e. The van der Waals surface area contributed by atoms with Crippen molar-refractivity contribution in [2.24, 2.45) is 0 Å². The van der Waals surface area contributed by atoms with Crippen LogP contribution in [0.2, 0.25) is 0 Å². The molecule has 134 valence electrons. The number of hydrogen-bond acceptors (Lipinski definition) is 3. The number of halogens is 1. The quantitative estimate of drug-likeness (QED) is 0.899. The first-order chi connectivity index (χ1) is 11.3. The van der Waals surface area contributed by atoms with Crippen LogP contribution in [-0.4, -0.2) is 43.1 Å². The predicted octanol–water partition coefficient (Wildman–Crippen LogP) is 3.64. The van der Waals surface area contributed by atoms with E-state index in [1.165, 1.54) is 19.3 Å². The fourth-order valence-electron chi connectivity index (χ4n) is 3.68. The van der Waals surface area contributed by atoms with Gasteiger partial charge in [-0.1, -0.05) is 18.6 Å². The Morgan fingerprint density at radius 2 is 1.88 bits per heavy atom. The van der Waals surface area contributed by atoms with Gasteiger partial charge < -0.3 is 15.0 Å². The molecule has 1 atom stereocenters. The van der Waals surface area contributed by atoms with Gasteiger partial charge in [0.25, 0.3) is 5.91 Å². The van der Waals surface area contributed by atoms with Crippen molar-refractivity contribution in [1.82, 2.24) is 10.2 Å². The summed E-state index contributed by atoms with van der Waals surface area (Å²) < 4.78 is 6.19. The molecule has 0 spiro atoms. The summed E-state index contributed by atoms with van der Waals surface area (Å²) in [7, 11) is 1.97. The molecule has 1 aliphatic carbocycles. The lowest BCUT2D eigenvalue weighted by Crippen LogP contribution is -2.47. The van der Waals surface area contributed by atoms with E-state index in [1.807, 2.05) is 36.2 Å². The lowest BCUT2D eigenvalue weighted by molar-refractivity contribution is 0.0688. The molecule has 1 amide bonds. The van der Waals surface area contributed by atoms with Gasteiger partial charge in [-0.25, -0.2) is 0 Å². The van der Waals surface area contributed by atoms with Gasteiger partial charge in [-0.15, -0.1) is 12.4 Å². The van der Waals surface area contributed by atoms with Crippen LogP contribution in [0.3, 0.4) is 0 Å². The van der Waals surface area contributed by atoms with Crippen molar-refractivity contribution < 1.29 is 9.53 Å². The number of likely N-dealkylation sites (N-methyl/N-ethyl adjacent to an activating group) is 1. The number of carbonyl (C=O) groups is 1. The van der Waals surface area contributed by atoms with E-state index < -0.39 is 0 Å². The molecule has 3 rings (SSSR count). The number of benzene rings is 1. The maximum atomic E-state index is 12.9. The Bertz CT molecular complexity index is 532. The summed E-state index contributed by atoms with van der Waals surface area (Å²) >= 11 is 0. The molecule has 0 radical (unpaired) electrons. The van der Waals surface area contributed by atoms with Crippen LogP contribution in [0.25, 0.3) is 0 Å². The summed E-state index contributed by atoms with van der Waals surface area (Å²) in [5.41, 5.74) is 0.717. The molecule has 1 saturated carbocycles. The van der Waals surface area contributed by atoms with Gasteiger partial charge in [0, 0.05) is 19.1 Å². The van der Waals surface area contributed by atoms with Gasteiger partial charge in [-0.2, -0.15) is 0 Å². The number of carbonyl (C=O) groups excluding carboxylic acids is 1. The van der Waals surface area contributed by atoms with Crippen molar-refractivity contribution >= 4 is 18.3 Å². The second-order valence-electron chi connectivity index (χ2n) is 6.75. The van der Waals surface area contributed by atoms with Gasteiger partial charge in [0.05, 0.1) is 11.7 Å². The zero-order valence-electron chi connectivity index (χ0n) is 14.5. The molecule has 1 aromatic carbocycles. The maximum Gasteiger partial charge on any atom is 0.257 e. The number of hydrogen-bond donors (Lipinski definition) is 1. The van der Waals surface area contributed by atoms with Crippen LogP contribution in [0.4, 0.5) is 0 Å². The molecule has 1 aliphatic heterocycles. The number of piperidine rings is 1. The maximum absolute atomic E-state index is 12.9. The highest BCUT2D eigenvalue weighted by atomic mass is 35.5. The molecule has 1 saturated heterocycles. The summed E-state index contributed by atoms with van der Waals surface area (Å²) in [6, 6.07) is 8.14. The van der Waals surface area contributed by atoms with Crippen LogP contribution in [0.5, 0.6) is 5.75 Å². The van der Waals surface area contributed by atoms with E-state index in [0.717, 1.165) is 50.1 Å². The third-order valence-electron chi connectivity index (χ3n) is 5.08. The molecule has 1 heterocycles. The van der Waals surface area contributed by atoms with E-state index in [2.05, 4.69) is 5.32 Å². The number of amides is 1. The average Bonchev–Trinajstić information content (AvgIpc) is 2.62. The van der Waals surface area contributed by atoms with Gasteiger partial charge in [0.1, 0.15) is 5.75 Å². The van der Waals surface area contributed by atoms with Crippen molar-refractivity contribution in [3.63, 3.8) is 0 Å². The average molecular weight is 353 g/mol. The van der Waals surface area contributed by atoms with E-state index >= 15 is 0 Å². The first-order valence-electron chi connectivity index (χ1n) is 9.00. The summed E-state index contributed by atoms with van der Waals surface area (Å²) in [5, 5.41) is 3.30. The summed E-state index contributed by atoms with van der Waals surface area (Å²) in [6.07, 6.45) is 8.45. The van der Waals surface area contributed by atoms with Gasteiger partial charge in [-0.05, 0) is 57.7 Å². The van der Waals surface area contributed by atoms with Crippen LogP contribution in [-0.2, 0) is 0 Å². The predicted molar refractivity (Wildman–Crippen MR) is 99.2 cm³/mol. The number of nitrogens with zero attached hydrogens (tertiary/aromatic N) is 1. The largest absolute Gasteiger partial charge is 0.490 e. The fourth-order valence-corrected chi connectivity index (χ4v) is 3.68. The summed E-state index contributed by atoms with van der Waals surface area (Å²) in [6.45, 7) is 1.63. The lowest BCUT2D eigenvalue weighted by Gasteiger charge is -2.33. The summed E-state index contributed by atoms with van der Waals surface area (Å²) in [5.74, 6) is 0.868. The van der Waals surface area contributed by atoms with Crippen LogP contribution in [0.15, 0.2) is 24.3 Å². The molecular weight excluding hydrogens is 324 g/mol. The highest BCUT2D eigenvalue weighted by Crippen LogP contribution is 2.27. The fraction of sp³-hybridized carbons (Fsp3) is 0.632. The minimum atomic E-state index is 0. The standard InChI is InChI=1S/C19H28N2O2.ClH/c1-20-15-8-7-13-21(14-15)19(22)17-11-5-6-12-18(17)23-16-9-3-2-4-10-16;/h5-6,11-12,15-16,20H,2-4,7-10,13-14H2,1H3;1H. The number of likely N-dealkylation sites (tertiary alicyclic amines) is 1. The Labute approximate surface area is 151 Å². The van der Waals surface area contributed by atoms with Crippen LogP contribution in [0, 0.1) is 0 Å². The molecule has 2 fully saturated rings. The van der Waals surface area contributed by atoms with Crippen molar-refractivity contribution in [3.8, 4) is 5.75 Å². The molecule has 1 aromatic rings. The number of rotatable bonds is 4. The first-order valence-corrected chi connectivity index (χ1v) is 9.00. The van der Waals surface area contributed by atoms with Crippen LogP contribution < -0.4 is 10.1 Å². The highest BCUT2D eigenvalue weighted by molar-refractivity contribution is 5.97. The minimum Gasteiger partial charge on any atom is -0.490 e. The molecule has 1 unspecified atom stereocenters. The molecule has 0 aromatic heterocycles. The summed E-state index contributed by atoms with van der Waals surface area (Å²) in [4.78, 5) is 14.9. The Morgan fingerprint density at radius 3 is 2.62 bits per heavy atom. The Hall–Kier alpha value is -1.26. The monoisotopic (exact) mass is 352 g/mol. The van der Waals surface area contributed by atoms with Crippen molar-refractivity contribution in [2.75, 3.05) is 20.1 Å². The van der Waals surface area contributed by atoms with Crippen molar-refractivity contribution in [2.45, 2.75) is 57.1 Å². The SMILES string of the molecule is CNC1CCCN(C(=O)c2ccccc2OC2CCCCC2)C1.Cl. The second-order valence-corrected chi connectivity index (χ2v) is 6.75. The van der Waals surface area contributed by atoms with E-state index in [-0.39, 0.29) is 24.4 Å². The number of para-hydroxylation sites is 1. The van der Waals surface area contributed by atoms with E-state index in [1.54, 1.807) is 0 Å². The molecule has 1 N–H and O–H groups in total. The number of ether oxygens (including phenoxy) is 1. The Balaban J connectivity index is 0.00000208. The van der Waals surface area contributed by atoms with Gasteiger partial charge in [-0.3, -0.25) is 4.79 Å². The lowest BCUT2D eigenvalue weighted by atomic mass is 9.97. The molecule has 5 heteroatoms. The molecular formula is C19H29ClN2O2. The molecule has 4 nitrogen and oxygen atoms in total. The van der Waals surface area contributed by atoms with Gasteiger partial charge in [0.2, 0.25) is 0 Å². The van der Waals surface area contributed by atoms with Crippen molar-refractivity contribution in [1.29, 1.82) is 0 Å². The zero-order chi connectivity index (χ0) is 16.1. The third-order valence-corrected chi connectivity index (χ3v) is 5.08. The molecule has 2 aliphatic rings. The Morgan fingerprint density at radius 1 is 1.12 bits per heavy atom. The van der Waals surface area contributed by atoms with E-state index in [0.29, 0.717) is 6.04 Å².